The summed E-state index contributed by atoms with van der Waals surface area (Å²) >= 11 is 2.98. The summed E-state index contributed by atoms with van der Waals surface area (Å²) in [5.41, 5.74) is 4.03. The van der Waals surface area contributed by atoms with Crippen LogP contribution in [0, 0.1) is 11.3 Å². The summed E-state index contributed by atoms with van der Waals surface area (Å²) in [7, 11) is 3.80. The summed E-state index contributed by atoms with van der Waals surface area (Å²) in [5, 5.41) is 14.0. The lowest BCUT2D eigenvalue weighted by Gasteiger charge is -2.17. The number of benzene rings is 3. The lowest BCUT2D eigenvalue weighted by atomic mass is 10.2. The van der Waals surface area contributed by atoms with Gasteiger partial charge in [0.05, 0.1) is 40.3 Å². The van der Waals surface area contributed by atoms with E-state index < -0.39 is 0 Å². The molecule has 0 bridgehead atoms. The van der Waals surface area contributed by atoms with Crippen LogP contribution in [0.15, 0.2) is 92.6 Å². The summed E-state index contributed by atoms with van der Waals surface area (Å²) in [6.45, 7) is 0.413. The van der Waals surface area contributed by atoms with Gasteiger partial charge in [0, 0.05) is 19.0 Å². The van der Waals surface area contributed by atoms with Gasteiger partial charge >= 0.3 is 0 Å². The molecule has 0 radical (unpaired) electrons. The van der Waals surface area contributed by atoms with Crippen molar-refractivity contribution in [2.45, 2.75) is 11.4 Å². The van der Waals surface area contributed by atoms with Gasteiger partial charge in [0.2, 0.25) is 0 Å². The fourth-order valence-corrected chi connectivity index (χ4v) is 6.17. The number of carbonyl (C=O) groups excluding carboxylic acids is 1. The van der Waals surface area contributed by atoms with Gasteiger partial charge in [-0.25, -0.2) is 4.99 Å². The Bertz CT molecular complexity index is 1380. The first-order chi connectivity index (χ1) is 16.6. The topological polar surface area (TPSA) is 71.7 Å². The van der Waals surface area contributed by atoms with Crippen LogP contribution < -0.4 is 10.2 Å². The molecule has 0 unspecified atom stereocenters. The van der Waals surface area contributed by atoms with Gasteiger partial charge in [-0.1, -0.05) is 54.2 Å². The van der Waals surface area contributed by atoms with Crippen molar-refractivity contribution < 1.29 is 4.79 Å². The molecule has 34 heavy (non-hydrogen) atoms. The molecule has 1 fully saturated rings. The molecule has 168 valence electrons. The molecule has 3 aromatic carbocycles. The number of nitrogens with zero attached hydrogens (tertiary/aromatic N) is 4. The van der Waals surface area contributed by atoms with Gasteiger partial charge in [-0.05, 0) is 47.7 Å². The number of amidine groups is 1. The van der Waals surface area contributed by atoms with Crippen LogP contribution >= 0.6 is 23.5 Å². The van der Waals surface area contributed by atoms with E-state index in [0.717, 1.165) is 26.9 Å². The molecule has 2 aliphatic heterocycles. The van der Waals surface area contributed by atoms with Crippen LogP contribution in [0.1, 0.15) is 11.1 Å². The van der Waals surface area contributed by atoms with E-state index in [9.17, 15) is 10.1 Å². The number of anilines is 2. The number of rotatable bonds is 4. The average molecular weight is 484 g/mol. The van der Waals surface area contributed by atoms with Gasteiger partial charge in [-0.3, -0.25) is 9.69 Å². The first-order valence-electron chi connectivity index (χ1n) is 10.7. The van der Waals surface area contributed by atoms with Crippen molar-refractivity contribution >= 4 is 51.7 Å². The number of fused-ring (bicyclic) bond motifs is 1. The zero-order valence-corrected chi connectivity index (χ0v) is 20.3. The number of carbonyl (C=O) groups is 1. The smallest absolute Gasteiger partial charge is 0.269 e. The zero-order valence-electron chi connectivity index (χ0n) is 18.6. The largest absolute Gasteiger partial charge is 0.386 e. The maximum Gasteiger partial charge on any atom is 0.269 e. The zero-order chi connectivity index (χ0) is 23.7. The van der Waals surface area contributed by atoms with Crippen LogP contribution in [0.2, 0.25) is 0 Å². The molecule has 8 heteroatoms. The standard InChI is InChI=1S/C26H21N5OS2/c1-28-19-13-12-18(15-27)14-20(19)29-26-31(16-17-8-4-3-5-9-17)24(32)23(34-26)25-30(2)21-10-6-7-11-22(21)33-25/h3-14,28H,16H2,1-2H3/b25-23-,29-26?. The maximum absolute atomic E-state index is 13.7. The fourth-order valence-electron chi connectivity index (χ4n) is 3.83. The molecule has 0 aromatic heterocycles. The van der Waals surface area contributed by atoms with E-state index in [1.807, 2.05) is 62.6 Å². The highest BCUT2D eigenvalue weighted by Crippen LogP contribution is 2.50. The average Bonchev–Trinajstić information content (AvgIpc) is 3.36. The second-order valence-electron chi connectivity index (χ2n) is 7.73. The van der Waals surface area contributed by atoms with Crippen LogP contribution in [0.5, 0.6) is 0 Å². The van der Waals surface area contributed by atoms with E-state index in [1.165, 1.54) is 11.8 Å². The predicted octanol–water partition coefficient (Wildman–Crippen LogP) is 5.77. The minimum Gasteiger partial charge on any atom is -0.386 e. The molecule has 0 saturated carbocycles. The predicted molar refractivity (Wildman–Crippen MR) is 140 cm³/mol. The molecular formula is C26H21N5OS2. The number of para-hydroxylation sites is 1. The SMILES string of the molecule is CNc1ccc(C#N)cc1N=C1S/C(=C2\Sc3ccccc3N2C)C(=O)N1Cc1ccccc1. The molecule has 5 rings (SSSR count). The van der Waals surface area contributed by atoms with E-state index in [-0.39, 0.29) is 5.91 Å². The molecule has 6 nitrogen and oxygen atoms in total. The summed E-state index contributed by atoms with van der Waals surface area (Å²) < 4.78 is 0. The summed E-state index contributed by atoms with van der Waals surface area (Å²) in [5.74, 6) is -0.0720. The van der Waals surface area contributed by atoms with Gasteiger partial charge in [-0.2, -0.15) is 5.26 Å². The Morgan fingerprint density at radius 3 is 2.53 bits per heavy atom. The maximum atomic E-state index is 13.7. The Morgan fingerprint density at radius 1 is 1.03 bits per heavy atom. The lowest BCUT2D eigenvalue weighted by Crippen LogP contribution is -2.29. The van der Waals surface area contributed by atoms with E-state index in [4.69, 9.17) is 4.99 Å². The van der Waals surface area contributed by atoms with Crippen molar-refractivity contribution in [3.8, 4) is 6.07 Å². The Labute approximate surface area is 207 Å². The van der Waals surface area contributed by atoms with E-state index in [2.05, 4.69) is 28.4 Å². The van der Waals surface area contributed by atoms with Crippen molar-refractivity contribution in [1.82, 2.24) is 4.90 Å². The highest BCUT2D eigenvalue weighted by atomic mass is 32.2. The minimum atomic E-state index is -0.0720. The molecule has 0 spiro atoms. The highest BCUT2D eigenvalue weighted by Gasteiger charge is 2.39. The van der Waals surface area contributed by atoms with Gasteiger partial charge in [0.1, 0.15) is 4.91 Å². The monoisotopic (exact) mass is 483 g/mol. The van der Waals surface area contributed by atoms with Crippen molar-refractivity contribution in [3.05, 3.63) is 93.9 Å². The lowest BCUT2D eigenvalue weighted by molar-refractivity contribution is -0.122. The first kappa shape index (κ1) is 22.1. The van der Waals surface area contributed by atoms with Crippen molar-refractivity contribution in [1.29, 1.82) is 5.26 Å². The molecule has 3 aromatic rings. The molecule has 0 atom stereocenters. The van der Waals surface area contributed by atoms with Crippen LogP contribution in [0.3, 0.4) is 0 Å². The number of amides is 1. The number of nitriles is 1. The molecule has 1 amide bonds. The van der Waals surface area contributed by atoms with Gasteiger partial charge in [0.25, 0.3) is 5.91 Å². The second-order valence-corrected chi connectivity index (χ2v) is 9.74. The number of aliphatic imine (C=N–C) groups is 1. The van der Waals surface area contributed by atoms with Gasteiger partial charge < -0.3 is 10.2 Å². The number of hydrogen-bond acceptors (Lipinski definition) is 7. The van der Waals surface area contributed by atoms with Crippen LogP contribution in [0.4, 0.5) is 17.1 Å². The summed E-state index contributed by atoms with van der Waals surface area (Å²) in [6, 6.07) is 25.5. The Kier molecular flexibility index (Phi) is 6.05. The quantitative estimate of drug-likeness (QED) is 0.475. The molecule has 2 heterocycles. The molecule has 0 aliphatic carbocycles. The number of hydrogen-bond donors (Lipinski definition) is 1. The van der Waals surface area contributed by atoms with Crippen molar-refractivity contribution in [2.75, 3.05) is 24.3 Å². The van der Waals surface area contributed by atoms with E-state index >= 15 is 0 Å². The molecule has 1 saturated heterocycles. The third-order valence-electron chi connectivity index (χ3n) is 5.59. The second kappa shape index (κ2) is 9.29. The Hall–Kier alpha value is -3.67. The normalized spacial score (nSPS) is 18.4. The van der Waals surface area contributed by atoms with Crippen LogP contribution in [-0.2, 0) is 11.3 Å². The highest BCUT2D eigenvalue weighted by molar-refractivity contribution is 8.19. The Balaban J connectivity index is 1.60. The molecule has 2 aliphatic rings. The van der Waals surface area contributed by atoms with E-state index in [1.54, 1.807) is 28.8 Å². The van der Waals surface area contributed by atoms with Gasteiger partial charge in [0.15, 0.2) is 5.17 Å². The van der Waals surface area contributed by atoms with Crippen LogP contribution in [0.25, 0.3) is 0 Å². The summed E-state index contributed by atoms with van der Waals surface area (Å²) in [4.78, 5) is 24.2. The Morgan fingerprint density at radius 2 is 1.79 bits per heavy atom. The third kappa shape index (κ3) is 4.04. The fraction of sp³-hybridized carbons (Fsp3) is 0.115. The minimum absolute atomic E-state index is 0.0720. The number of thioether (sulfide) groups is 2. The molecular weight excluding hydrogens is 462 g/mol. The van der Waals surface area contributed by atoms with Crippen molar-refractivity contribution in [3.63, 3.8) is 0 Å². The summed E-state index contributed by atoms with van der Waals surface area (Å²) in [6.07, 6.45) is 0. The van der Waals surface area contributed by atoms with Gasteiger partial charge in [-0.15, -0.1) is 0 Å². The van der Waals surface area contributed by atoms with Crippen molar-refractivity contribution in [2.24, 2.45) is 4.99 Å². The molecule has 1 N–H and O–H groups in total. The van der Waals surface area contributed by atoms with E-state index in [0.29, 0.717) is 27.9 Å². The van der Waals surface area contributed by atoms with Crippen LogP contribution in [-0.4, -0.2) is 30.1 Å². The third-order valence-corrected chi connectivity index (χ3v) is 8.02. The number of nitrogens with one attached hydrogen (secondary N) is 1. The first-order valence-corrected chi connectivity index (χ1v) is 12.3.